The summed E-state index contributed by atoms with van der Waals surface area (Å²) in [5.41, 5.74) is 0.0836. The Hall–Kier alpha value is -1.00. The maximum absolute atomic E-state index is 13.4. The van der Waals surface area contributed by atoms with Crippen LogP contribution in [0.2, 0.25) is 0 Å². The number of hydrogen-bond acceptors (Lipinski definition) is 2. The minimum absolute atomic E-state index is 0.00443. The molecule has 0 fully saturated rings. The van der Waals surface area contributed by atoms with Gasteiger partial charge in [-0.2, -0.15) is 0 Å². The molecule has 4 heteroatoms. The topological polar surface area (TPSA) is 32.3 Å². The molecule has 0 aliphatic rings. The molecule has 0 atom stereocenters. The van der Waals surface area contributed by atoms with Crippen LogP contribution in [0.3, 0.4) is 0 Å². The summed E-state index contributed by atoms with van der Waals surface area (Å²) in [6, 6.07) is 3.88. The Morgan fingerprint density at radius 3 is 2.39 bits per heavy atom. The predicted molar refractivity (Wildman–Crippen MR) is 68.2 cm³/mol. The molecule has 1 aromatic carbocycles. The summed E-state index contributed by atoms with van der Waals surface area (Å²) >= 11 is 0. The first-order valence-electron chi connectivity index (χ1n) is 6.21. The minimum atomic E-state index is -0.518. The Morgan fingerprint density at radius 1 is 1.22 bits per heavy atom. The number of benzene rings is 1. The van der Waals surface area contributed by atoms with Gasteiger partial charge in [0.05, 0.1) is 0 Å². The van der Waals surface area contributed by atoms with Crippen molar-refractivity contribution >= 4 is 0 Å². The second-order valence-electron chi connectivity index (χ2n) is 5.30. The lowest BCUT2D eigenvalue weighted by Gasteiger charge is -2.24. The summed E-state index contributed by atoms with van der Waals surface area (Å²) < 4.78 is 26.7. The molecule has 2 N–H and O–H groups in total. The van der Waals surface area contributed by atoms with Gasteiger partial charge in [0.15, 0.2) is 0 Å². The maximum atomic E-state index is 13.4. The molecular formula is C14H21F2NO. The van der Waals surface area contributed by atoms with E-state index >= 15 is 0 Å². The van der Waals surface area contributed by atoms with Gasteiger partial charge in [0.25, 0.3) is 0 Å². The van der Waals surface area contributed by atoms with E-state index in [2.05, 4.69) is 19.2 Å². The van der Waals surface area contributed by atoms with E-state index in [4.69, 9.17) is 5.11 Å². The van der Waals surface area contributed by atoms with Gasteiger partial charge in [0.1, 0.15) is 11.6 Å². The zero-order valence-corrected chi connectivity index (χ0v) is 11.0. The van der Waals surface area contributed by atoms with Crippen molar-refractivity contribution < 1.29 is 13.9 Å². The third-order valence-electron chi connectivity index (χ3n) is 2.98. The molecule has 0 spiro atoms. The molecule has 18 heavy (non-hydrogen) atoms. The molecule has 0 saturated heterocycles. The highest BCUT2D eigenvalue weighted by Crippen LogP contribution is 2.21. The van der Waals surface area contributed by atoms with Crippen LogP contribution in [0.15, 0.2) is 18.2 Å². The van der Waals surface area contributed by atoms with Gasteiger partial charge in [-0.1, -0.05) is 19.9 Å². The van der Waals surface area contributed by atoms with Crippen LogP contribution in [0.5, 0.6) is 0 Å². The van der Waals surface area contributed by atoms with Crippen molar-refractivity contribution in [3.63, 3.8) is 0 Å². The Bertz CT molecular complexity index is 360. The van der Waals surface area contributed by atoms with E-state index in [-0.39, 0.29) is 24.1 Å². The van der Waals surface area contributed by atoms with E-state index in [0.717, 1.165) is 12.8 Å². The van der Waals surface area contributed by atoms with Gasteiger partial charge < -0.3 is 10.4 Å². The van der Waals surface area contributed by atoms with Gasteiger partial charge in [-0.05, 0) is 30.4 Å². The van der Waals surface area contributed by atoms with Crippen LogP contribution in [0.25, 0.3) is 0 Å². The monoisotopic (exact) mass is 257 g/mol. The third-order valence-corrected chi connectivity index (χ3v) is 2.98. The van der Waals surface area contributed by atoms with E-state index in [1.165, 1.54) is 18.2 Å². The van der Waals surface area contributed by atoms with Gasteiger partial charge in [-0.25, -0.2) is 8.78 Å². The Morgan fingerprint density at radius 2 is 1.83 bits per heavy atom. The second-order valence-corrected chi connectivity index (χ2v) is 5.30. The molecule has 0 radical (unpaired) electrons. The first-order valence-corrected chi connectivity index (χ1v) is 6.21. The highest BCUT2D eigenvalue weighted by atomic mass is 19.1. The first-order chi connectivity index (χ1) is 8.46. The van der Waals surface area contributed by atoms with Crippen molar-refractivity contribution in [1.82, 2.24) is 5.32 Å². The van der Waals surface area contributed by atoms with Crippen LogP contribution >= 0.6 is 0 Å². The Balaban J connectivity index is 2.46. The van der Waals surface area contributed by atoms with E-state index in [9.17, 15) is 8.78 Å². The minimum Gasteiger partial charge on any atom is -0.396 e. The highest BCUT2D eigenvalue weighted by molar-refractivity contribution is 5.19. The fourth-order valence-corrected chi connectivity index (χ4v) is 1.87. The number of aliphatic hydroxyl groups excluding tert-OH is 1. The van der Waals surface area contributed by atoms with Crippen LogP contribution in [0.1, 0.15) is 32.3 Å². The van der Waals surface area contributed by atoms with Crippen molar-refractivity contribution in [3.8, 4) is 0 Å². The summed E-state index contributed by atoms with van der Waals surface area (Å²) in [6.07, 6.45) is 1.61. The van der Waals surface area contributed by atoms with Crippen molar-refractivity contribution in [2.24, 2.45) is 5.41 Å². The zero-order valence-electron chi connectivity index (χ0n) is 11.0. The van der Waals surface area contributed by atoms with Crippen molar-refractivity contribution in [3.05, 3.63) is 35.4 Å². The molecule has 0 saturated carbocycles. The number of rotatable bonds is 7. The molecule has 0 aliphatic carbocycles. The highest BCUT2D eigenvalue weighted by Gasteiger charge is 2.17. The number of halogens is 2. The first kappa shape index (κ1) is 15.1. The van der Waals surface area contributed by atoms with Gasteiger partial charge >= 0.3 is 0 Å². The maximum Gasteiger partial charge on any atom is 0.130 e. The molecule has 102 valence electrons. The van der Waals surface area contributed by atoms with Crippen molar-refractivity contribution in [2.45, 2.75) is 33.2 Å². The lowest BCUT2D eigenvalue weighted by molar-refractivity contribution is 0.236. The predicted octanol–water partition coefficient (Wildman–Crippen LogP) is 2.85. The fraction of sp³-hybridized carbons (Fsp3) is 0.571. The van der Waals surface area contributed by atoms with E-state index < -0.39 is 11.6 Å². The van der Waals surface area contributed by atoms with E-state index in [0.29, 0.717) is 6.54 Å². The van der Waals surface area contributed by atoms with Crippen molar-refractivity contribution in [2.75, 3.05) is 13.2 Å². The van der Waals surface area contributed by atoms with Crippen LogP contribution in [-0.2, 0) is 6.54 Å². The molecule has 0 heterocycles. The summed E-state index contributed by atoms with van der Waals surface area (Å²) in [7, 11) is 0. The molecule has 0 amide bonds. The Kier molecular flexibility index (Phi) is 5.69. The normalized spacial score (nSPS) is 11.8. The molecule has 0 unspecified atom stereocenters. The molecule has 0 aromatic heterocycles. The summed E-state index contributed by atoms with van der Waals surface area (Å²) in [5, 5.41) is 11.9. The average Bonchev–Trinajstić information content (AvgIpc) is 2.30. The smallest absolute Gasteiger partial charge is 0.130 e. The Labute approximate surface area is 107 Å². The molecular weight excluding hydrogens is 236 g/mol. The lowest BCUT2D eigenvalue weighted by Crippen LogP contribution is -2.29. The fourth-order valence-electron chi connectivity index (χ4n) is 1.87. The van der Waals surface area contributed by atoms with Gasteiger partial charge in [-0.3, -0.25) is 0 Å². The quantitative estimate of drug-likeness (QED) is 0.787. The SMILES string of the molecule is CC(C)(CCCO)CNCc1c(F)cccc1F. The number of aliphatic hydroxyl groups is 1. The van der Waals surface area contributed by atoms with E-state index in [1.807, 2.05) is 0 Å². The largest absolute Gasteiger partial charge is 0.396 e. The van der Waals surface area contributed by atoms with Crippen molar-refractivity contribution in [1.29, 1.82) is 0 Å². The number of hydrogen-bond donors (Lipinski definition) is 2. The molecule has 0 aliphatic heterocycles. The summed E-state index contributed by atoms with van der Waals surface area (Å²) in [5.74, 6) is -1.04. The second kappa shape index (κ2) is 6.81. The summed E-state index contributed by atoms with van der Waals surface area (Å²) in [4.78, 5) is 0. The van der Waals surface area contributed by atoms with E-state index in [1.54, 1.807) is 0 Å². The number of nitrogens with one attached hydrogen (secondary N) is 1. The lowest BCUT2D eigenvalue weighted by atomic mass is 9.88. The molecule has 2 nitrogen and oxygen atoms in total. The van der Waals surface area contributed by atoms with Crippen LogP contribution in [-0.4, -0.2) is 18.3 Å². The molecule has 1 aromatic rings. The molecule has 0 bridgehead atoms. The van der Waals surface area contributed by atoms with Gasteiger partial charge in [-0.15, -0.1) is 0 Å². The molecule has 1 rings (SSSR count). The van der Waals surface area contributed by atoms with Crippen LogP contribution in [0, 0.1) is 17.0 Å². The van der Waals surface area contributed by atoms with Gasteiger partial charge in [0, 0.05) is 25.3 Å². The third kappa shape index (κ3) is 4.70. The standard InChI is InChI=1S/C14H21F2NO/c1-14(2,7-4-8-18)10-17-9-11-12(15)5-3-6-13(11)16/h3,5-6,17-18H,4,7-10H2,1-2H3. The van der Waals surface area contributed by atoms with Gasteiger partial charge in [0.2, 0.25) is 0 Å². The van der Waals surface area contributed by atoms with Crippen LogP contribution in [0.4, 0.5) is 8.78 Å². The average molecular weight is 257 g/mol. The summed E-state index contributed by atoms with van der Waals surface area (Å²) in [6.45, 7) is 5.13. The zero-order chi connectivity index (χ0) is 13.6. The van der Waals surface area contributed by atoms with Crippen LogP contribution < -0.4 is 5.32 Å².